The van der Waals surface area contributed by atoms with Crippen molar-refractivity contribution in [3.8, 4) is 16.9 Å². The second-order valence-corrected chi connectivity index (χ2v) is 8.74. The summed E-state index contributed by atoms with van der Waals surface area (Å²) >= 11 is 5.92. The van der Waals surface area contributed by atoms with E-state index in [1.54, 1.807) is 37.3 Å². The van der Waals surface area contributed by atoms with E-state index in [0.29, 0.717) is 22.9 Å². The van der Waals surface area contributed by atoms with Crippen molar-refractivity contribution in [3.05, 3.63) is 77.3 Å². The van der Waals surface area contributed by atoms with Gasteiger partial charge < -0.3 is 9.84 Å². The van der Waals surface area contributed by atoms with Crippen LogP contribution in [0.15, 0.2) is 76.5 Å². The molecule has 5 nitrogen and oxygen atoms in total. The lowest BCUT2D eigenvalue weighted by atomic mass is 10.1. The van der Waals surface area contributed by atoms with E-state index in [9.17, 15) is 13.2 Å². The maximum absolute atomic E-state index is 13.2. The molecule has 0 aliphatic heterocycles. The zero-order valence-corrected chi connectivity index (χ0v) is 17.2. The number of hydrogen-bond acceptors (Lipinski definition) is 4. The Morgan fingerprint density at radius 1 is 0.966 bits per heavy atom. The molecule has 0 radical (unpaired) electrons. The number of rotatable bonds is 7. The number of hydrogen-bond donors (Lipinski definition) is 1. The van der Waals surface area contributed by atoms with Crippen molar-refractivity contribution in [2.45, 2.75) is 23.1 Å². The molecule has 0 aliphatic carbocycles. The largest absolute Gasteiger partial charge is 0.494 e. The van der Waals surface area contributed by atoms with E-state index < -0.39 is 15.8 Å². The molecule has 0 amide bonds. The molecule has 0 spiro atoms. The Morgan fingerprint density at radius 3 is 2.34 bits per heavy atom. The third-order valence-corrected chi connectivity index (χ3v) is 6.22. The monoisotopic (exact) mass is 430 g/mol. The summed E-state index contributed by atoms with van der Waals surface area (Å²) in [7, 11) is -3.88. The highest BCUT2D eigenvalue weighted by Crippen LogP contribution is 2.30. The summed E-state index contributed by atoms with van der Waals surface area (Å²) in [5, 5.41) is 9.67. The van der Waals surface area contributed by atoms with Gasteiger partial charge in [-0.2, -0.15) is 0 Å². The van der Waals surface area contributed by atoms with Gasteiger partial charge in [0.1, 0.15) is 5.75 Å². The molecule has 3 aromatic rings. The van der Waals surface area contributed by atoms with Crippen LogP contribution in [0, 0.1) is 0 Å². The van der Waals surface area contributed by atoms with Crippen molar-refractivity contribution < 1.29 is 23.1 Å². The van der Waals surface area contributed by atoms with E-state index in [0.717, 1.165) is 11.1 Å². The van der Waals surface area contributed by atoms with Crippen LogP contribution in [0.1, 0.15) is 12.5 Å². The molecule has 29 heavy (non-hydrogen) atoms. The van der Waals surface area contributed by atoms with E-state index in [1.807, 2.05) is 18.2 Å². The van der Waals surface area contributed by atoms with E-state index in [-0.39, 0.29) is 16.2 Å². The molecular weight excluding hydrogens is 412 g/mol. The summed E-state index contributed by atoms with van der Waals surface area (Å²) in [6, 6.07) is 18.0. The molecule has 7 heteroatoms. The Morgan fingerprint density at radius 2 is 1.69 bits per heavy atom. The summed E-state index contributed by atoms with van der Waals surface area (Å²) in [5.74, 6) is -0.731. The fraction of sp³-hybridized carbons (Fsp3) is 0.136. The van der Waals surface area contributed by atoms with Crippen molar-refractivity contribution in [3.63, 3.8) is 0 Å². The number of sulfone groups is 1. The van der Waals surface area contributed by atoms with Crippen LogP contribution in [0.4, 0.5) is 0 Å². The SMILES string of the molecule is CCOc1cc(CC(=O)O)cc(S(=O)(=O)c2cccc(-c3ccc(Cl)cc3)c2)c1. The van der Waals surface area contributed by atoms with E-state index in [4.69, 9.17) is 21.4 Å². The fourth-order valence-electron chi connectivity index (χ4n) is 2.93. The average Bonchev–Trinajstić information content (AvgIpc) is 2.68. The average molecular weight is 431 g/mol. The minimum Gasteiger partial charge on any atom is -0.494 e. The molecule has 0 saturated heterocycles. The lowest BCUT2D eigenvalue weighted by molar-refractivity contribution is -0.136. The fourth-order valence-corrected chi connectivity index (χ4v) is 4.45. The van der Waals surface area contributed by atoms with Crippen LogP contribution in [-0.2, 0) is 21.1 Å². The lowest BCUT2D eigenvalue weighted by Gasteiger charge is -2.11. The molecule has 0 heterocycles. The highest BCUT2D eigenvalue weighted by atomic mass is 35.5. The first-order valence-corrected chi connectivity index (χ1v) is 10.8. The molecule has 0 aliphatic rings. The van der Waals surface area contributed by atoms with E-state index >= 15 is 0 Å². The molecule has 0 fully saturated rings. The number of carboxylic acid groups (broad SMARTS) is 1. The molecule has 0 aromatic heterocycles. The maximum Gasteiger partial charge on any atom is 0.307 e. The number of ether oxygens (including phenoxy) is 1. The summed E-state index contributed by atoms with van der Waals surface area (Å²) in [4.78, 5) is 11.2. The van der Waals surface area contributed by atoms with Crippen LogP contribution < -0.4 is 4.74 Å². The smallest absolute Gasteiger partial charge is 0.307 e. The Bertz CT molecular complexity index is 1140. The Hall–Kier alpha value is -2.83. The molecule has 3 aromatic carbocycles. The second-order valence-electron chi connectivity index (χ2n) is 6.35. The zero-order chi connectivity index (χ0) is 21.0. The molecule has 1 N–H and O–H groups in total. The van der Waals surface area contributed by atoms with Gasteiger partial charge in [-0.3, -0.25) is 4.79 Å². The van der Waals surface area contributed by atoms with Gasteiger partial charge >= 0.3 is 5.97 Å². The van der Waals surface area contributed by atoms with Gasteiger partial charge in [-0.25, -0.2) is 8.42 Å². The summed E-state index contributed by atoms with van der Waals surface area (Å²) in [6.45, 7) is 2.11. The van der Waals surface area contributed by atoms with Crippen LogP contribution >= 0.6 is 11.6 Å². The Balaban J connectivity index is 2.06. The van der Waals surface area contributed by atoms with Gasteiger partial charge in [-0.05, 0) is 66.1 Å². The third kappa shape index (κ3) is 4.96. The Labute approximate surface area is 174 Å². The van der Waals surface area contributed by atoms with Crippen molar-refractivity contribution >= 4 is 27.4 Å². The van der Waals surface area contributed by atoms with Crippen molar-refractivity contribution in [1.29, 1.82) is 0 Å². The van der Waals surface area contributed by atoms with Gasteiger partial charge in [0.15, 0.2) is 0 Å². The van der Waals surface area contributed by atoms with E-state index in [1.165, 1.54) is 18.2 Å². The first-order chi connectivity index (χ1) is 13.8. The predicted molar refractivity (Wildman–Crippen MR) is 111 cm³/mol. The minimum absolute atomic E-state index is 0.00652. The number of carbonyl (C=O) groups is 1. The number of benzene rings is 3. The summed E-state index contributed by atoms with van der Waals surface area (Å²) in [5.41, 5.74) is 1.92. The molecular formula is C22H19ClO5S. The highest BCUT2D eigenvalue weighted by Gasteiger charge is 2.21. The van der Waals surface area contributed by atoms with Crippen molar-refractivity contribution in [2.75, 3.05) is 6.61 Å². The summed E-state index contributed by atoms with van der Waals surface area (Å²) < 4.78 is 31.9. The summed E-state index contributed by atoms with van der Waals surface area (Å²) in [6.07, 6.45) is -0.297. The minimum atomic E-state index is -3.88. The van der Waals surface area contributed by atoms with Crippen LogP contribution in [0.3, 0.4) is 0 Å². The van der Waals surface area contributed by atoms with Crippen molar-refractivity contribution in [2.24, 2.45) is 0 Å². The first kappa shape index (κ1) is 20.9. The Kier molecular flexibility index (Phi) is 6.25. The lowest BCUT2D eigenvalue weighted by Crippen LogP contribution is -2.06. The second kappa shape index (κ2) is 8.68. The van der Waals surface area contributed by atoms with Gasteiger partial charge in [-0.1, -0.05) is 35.9 Å². The normalized spacial score (nSPS) is 11.2. The zero-order valence-electron chi connectivity index (χ0n) is 15.6. The number of carboxylic acids is 1. The predicted octanol–water partition coefficient (Wildman–Crippen LogP) is 4.87. The third-order valence-electron chi connectivity index (χ3n) is 4.24. The van der Waals surface area contributed by atoms with E-state index in [2.05, 4.69) is 0 Å². The molecule has 0 unspecified atom stereocenters. The van der Waals surface area contributed by atoms with Crippen molar-refractivity contribution in [1.82, 2.24) is 0 Å². The van der Waals surface area contributed by atoms with Gasteiger partial charge in [0.2, 0.25) is 9.84 Å². The maximum atomic E-state index is 13.2. The molecule has 150 valence electrons. The molecule has 0 atom stereocenters. The molecule has 0 bridgehead atoms. The number of aliphatic carboxylic acids is 1. The molecule has 3 rings (SSSR count). The quantitative estimate of drug-likeness (QED) is 0.578. The van der Waals surface area contributed by atoms with Gasteiger partial charge in [0.25, 0.3) is 0 Å². The van der Waals surface area contributed by atoms with Gasteiger partial charge in [0, 0.05) is 5.02 Å². The van der Waals surface area contributed by atoms with Crippen LogP contribution in [0.2, 0.25) is 5.02 Å². The standard InChI is InChI=1S/C22H19ClO5S/c1-2-28-19-10-15(12-22(24)25)11-21(14-19)29(26,27)20-5-3-4-17(13-20)16-6-8-18(23)9-7-16/h3-11,13-14H,2,12H2,1H3,(H,24,25). The number of halogens is 1. The van der Waals surface area contributed by atoms with Crippen LogP contribution in [0.5, 0.6) is 5.75 Å². The van der Waals surface area contributed by atoms with Gasteiger partial charge in [-0.15, -0.1) is 0 Å². The molecule has 0 saturated carbocycles. The topological polar surface area (TPSA) is 80.7 Å². The first-order valence-electron chi connectivity index (χ1n) is 8.89. The highest BCUT2D eigenvalue weighted by molar-refractivity contribution is 7.91. The van der Waals surface area contributed by atoms with Gasteiger partial charge in [0.05, 0.1) is 22.8 Å². The van der Waals surface area contributed by atoms with Crippen LogP contribution in [0.25, 0.3) is 11.1 Å². The van der Waals surface area contributed by atoms with Crippen LogP contribution in [-0.4, -0.2) is 26.1 Å².